The predicted octanol–water partition coefficient (Wildman–Crippen LogP) is 2.28. The smallest absolute Gasteiger partial charge is 0.243 e. The van der Waals surface area contributed by atoms with E-state index in [0.717, 1.165) is 0 Å². The lowest BCUT2D eigenvalue weighted by Crippen LogP contribution is -2.31. The monoisotopic (exact) mass is 286 g/mol. The average Bonchev–Trinajstić information content (AvgIpc) is 2.32. The summed E-state index contributed by atoms with van der Waals surface area (Å²) in [5, 5.41) is 0.327. The van der Waals surface area contributed by atoms with Crippen LogP contribution in [0.5, 0.6) is 0 Å². The normalized spacial score (nSPS) is 11.4. The maximum atomic E-state index is 12.3. The zero-order valence-corrected chi connectivity index (χ0v) is 11.4. The number of hydrogen-bond donors (Lipinski definition) is 1. The van der Waals surface area contributed by atoms with Crippen molar-refractivity contribution >= 4 is 27.3 Å². The highest BCUT2D eigenvalue weighted by atomic mass is 35.5. The Morgan fingerprint density at radius 3 is 2.28 bits per heavy atom. The number of nitrogen functional groups attached to an aromatic ring is 1. The molecule has 1 aromatic carbocycles. The first-order valence-electron chi connectivity index (χ1n) is 5.20. The standard InChI is InChI=1S/C12H15ClN2O2S/c1-3-7-15(8-4-2)18(16,17)10-5-6-11(13)12(14)9-10/h3-6,9H,1-2,7-8,14H2. The van der Waals surface area contributed by atoms with Crippen LogP contribution in [0.2, 0.25) is 5.02 Å². The Morgan fingerprint density at radius 1 is 1.28 bits per heavy atom. The highest BCUT2D eigenvalue weighted by Gasteiger charge is 2.22. The molecule has 4 nitrogen and oxygen atoms in total. The zero-order chi connectivity index (χ0) is 13.8. The van der Waals surface area contributed by atoms with E-state index >= 15 is 0 Å². The minimum atomic E-state index is -3.61. The molecule has 0 aromatic heterocycles. The summed E-state index contributed by atoms with van der Waals surface area (Å²) in [7, 11) is -3.61. The van der Waals surface area contributed by atoms with E-state index < -0.39 is 10.0 Å². The molecule has 6 heteroatoms. The van der Waals surface area contributed by atoms with E-state index in [4.69, 9.17) is 17.3 Å². The molecule has 2 N–H and O–H groups in total. The first-order valence-corrected chi connectivity index (χ1v) is 7.02. The van der Waals surface area contributed by atoms with Crippen LogP contribution in [0.4, 0.5) is 5.69 Å². The average molecular weight is 287 g/mol. The molecule has 0 heterocycles. The summed E-state index contributed by atoms with van der Waals surface area (Å²) in [6, 6.07) is 4.23. The third-order valence-electron chi connectivity index (χ3n) is 2.27. The van der Waals surface area contributed by atoms with Gasteiger partial charge in [-0.05, 0) is 18.2 Å². The van der Waals surface area contributed by atoms with Gasteiger partial charge in [-0.25, -0.2) is 8.42 Å². The summed E-state index contributed by atoms with van der Waals surface area (Å²) in [4.78, 5) is 0.105. The van der Waals surface area contributed by atoms with E-state index in [9.17, 15) is 8.42 Å². The Bertz CT molecular complexity index is 545. The third kappa shape index (κ3) is 3.13. The van der Waals surface area contributed by atoms with E-state index in [0.29, 0.717) is 5.02 Å². The van der Waals surface area contributed by atoms with Gasteiger partial charge in [0.15, 0.2) is 0 Å². The van der Waals surface area contributed by atoms with Gasteiger partial charge >= 0.3 is 0 Å². The molecule has 0 aliphatic heterocycles. The fourth-order valence-corrected chi connectivity index (χ4v) is 2.93. The van der Waals surface area contributed by atoms with Crippen LogP contribution in [0.1, 0.15) is 0 Å². The van der Waals surface area contributed by atoms with Crippen molar-refractivity contribution in [2.45, 2.75) is 4.90 Å². The van der Waals surface area contributed by atoms with Crippen LogP contribution >= 0.6 is 11.6 Å². The zero-order valence-electron chi connectivity index (χ0n) is 9.84. The maximum Gasteiger partial charge on any atom is 0.243 e. The molecule has 0 radical (unpaired) electrons. The van der Waals surface area contributed by atoms with Crippen molar-refractivity contribution in [2.24, 2.45) is 0 Å². The predicted molar refractivity (Wildman–Crippen MR) is 75.0 cm³/mol. The molecule has 98 valence electrons. The van der Waals surface area contributed by atoms with Crippen LogP contribution in [0, 0.1) is 0 Å². The van der Waals surface area contributed by atoms with Crippen LogP contribution in [0.15, 0.2) is 48.4 Å². The Labute approximate surface area is 112 Å². The second-order valence-electron chi connectivity index (χ2n) is 3.58. The van der Waals surface area contributed by atoms with Gasteiger partial charge in [-0.1, -0.05) is 23.8 Å². The van der Waals surface area contributed by atoms with Crippen molar-refractivity contribution in [3.63, 3.8) is 0 Å². The number of nitrogens with zero attached hydrogens (tertiary/aromatic N) is 1. The Hall–Kier alpha value is -1.30. The number of halogens is 1. The molecule has 0 aliphatic carbocycles. The summed E-state index contributed by atoms with van der Waals surface area (Å²) in [6.07, 6.45) is 3.03. The van der Waals surface area contributed by atoms with E-state index in [1.807, 2.05) is 0 Å². The summed E-state index contributed by atoms with van der Waals surface area (Å²) in [6.45, 7) is 7.48. The van der Waals surface area contributed by atoms with Gasteiger partial charge in [0.25, 0.3) is 0 Å². The lowest BCUT2D eigenvalue weighted by atomic mass is 10.3. The molecule has 0 bridgehead atoms. The number of hydrogen-bond acceptors (Lipinski definition) is 3. The van der Waals surface area contributed by atoms with E-state index in [2.05, 4.69) is 13.2 Å². The Balaban J connectivity index is 3.21. The lowest BCUT2D eigenvalue weighted by molar-refractivity contribution is 0.474. The minimum Gasteiger partial charge on any atom is -0.397 e. The van der Waals surface area contributed by atoms with Crippen molar-refractivity contribution in [3.05, 3.63) is 48.5 Å². The molecule has 0 fully saturated rings. The van der Waals surface area contributed by atoms with Gasteiger partial charge in [0.2, 0.25) is 10.0 Å². The van der Waals surface area contributed by atoms with E-state index in [1.165, 1.54) is 34.7 Å². The Kier molecular flexibility index (Phi) is 4.95. The quantitative estimate of drug-likeness (QED) is 0.644. The van der Waals surface area contributed by atoms with Crippen molar-refractivity contribution in [2.75, 3.05) is 18.8 Å². The lowest BCUT2D eigenvalue weighted by Gasteiger charge is -2.19. The van der Waals surface area contributed by atoms with E-state index in [1.54, 1.807) is 0 Å². The van der Waals surface area contributed by atoms with Gasteiger partial charge < -0.3 is 5.73 Å². The van der Waals surface area contributed by atoms with Gasteiger partial charge in [0, 0.05) is 13.1 Å². The van der Waals surface area contributed by atoms with Crippen LogP contribution in [0.3, 0.4) is 0 Å². The maximum absolute atomic E-state index is 12.3. The molecular weight excluding hydrogens is 272 g/mol. The second-order valence-corrected chi connectivity index (χ2v) is 5.93. The number of sulfonamides is 1. The van der Waals surface area contributed by atoms with Gasteiger partial charge in [-0.15, -0.1) is 13.2 Å². The fraction of sp³-hybridized carbons (Fsp3) is 0.167. The molecule has 0 unspecified atom stereocenters. The summed E-state index contributed by atoms with van der Waals surface area (Å²) < 4.78 is 25.9. The first kappa shape index (κ1) is 14.8. The molecular formula is C12H15ClN2O2S. The van der Waals surface area contributed by atoms with Gasteiger partial charge in [-0.2, -0.15) is 4.31 Å². The summed E-state index contributed by atoms with van der Waals surface area (Å²) in [5.74, 6) is 0. The molecule has 18 heavy (non-hydrogen) atoms. The largest absolute Gasteiger partial charge is 0.397 e. The number of nitrogens with two attached hydrogens (primary N) is 1. The molecule has 0 amide bonds. The Morgan fingerprint density at radius 2 is 1.83 bits per heavy atom. The van der Waals surface area contributed by atoms with Crippen LogP contribution in [-0.2, 0) is 10.0 Å². The molecule has 0 aliphatic rings. The third-order valence-corrected chi connectivity index (χ3v) is 4.44. The SMILES string of the molecule is C=CCN(CC=C)S(=O)(=O)c1ccc(Cl)c(N)c1. The molecule has 0 spiro atoms. The number of benzene rings is 1. The molecule has 1 aromatic rings. The van der Waals surface area contributed by atoms with Gasteiger partial charge in [0.05, 0.1) is 15.6 Å². The van der Waals surface area contributed by atoms with Gasteiger partial charge in [-0.3, -0.25) is 0 Å². The van der Waals surface area contributed by atoms with Crippen molar-refractivity contribution in [1.29, 1.82) is 0 Å². The minimum absolute atomic E-state index is 0.105. The highest BCUT2D eigenvalue weighted by molar-refractivity contribution is 7.89. The number of anilines is 1. The second kappa shape index (κ2) is 6.04. The van der Waals surface area contributed by atoms with Gasteiger partial charge in [0.1, 0.15) is 0 Å². The van der Waals surface area contributed by atoms with Crippen molar-refractivity contribution in [1.82, 2.24) is 4.31 Å². The van der Waals surface area contributed by atoms with E-state index in [-0.39, 0.29) is 23.7 Å². The topological polar surface area (TPSA) is 63.4 Å². The number of rotatable bonds is 6. The van der Waals surface area contributed by atoms with Crippen molar-refractivity contribution < 1.29 is 8.42 Å². The van der Waals surface area contributed by atoms with Crippen LogP contribution in [0.25, 0.3) is 0 Å². The molecule has 0 atom stereocenters. The highest BCUT2D eigenvalue weighted by Crippen LogP contribution is 2.24. The molecule has 1 rings (SSSR count). The molecule has 0 saturated heterocycles. The first-order chi connectivity index (χ1) is 8.43. The fourth-order valence-electron chi connectivity index (χ4n) is 1.39. The summed E-state index contributed by atoms with van der Waals surface area (Å²) in [5.41, 5.74) is 5.84. The van der Waals surface area contributed by atoms with Crippen LogP contribution < -0.4 is 5.73 Å². The summed E-state index contributed by atoms with van der Waals surface area (Å²) >= 11 is 5.77. The molecule has 0 saturated carbocycles. The van der Waals surface area contributed by atoms with Crippen molar-refractivity contribution in [3.8, 4) is 0 Å². The van der Waals surface area contributed by atoms with Crippen LogP contribution in [-0.4, -0.2) is 25.8 Å².